The highest BCUT2D eigenvalue weighted by Gasteiger charge is 2.12. The molecule has 1 atom stereocenters. The molecule has 3 rings (SSSR count). The van der Waals surface area contributed by atoms with E-state index < -0.39 is 0 Å². The molecule has 2 N–H and O–H groups in total. The SMILES string of the molecule is C[C@H](Nc1ccnc(CO)n1)c1ccc2c(c1)CCCC2. The van der Waals surface area contributed by atoms with E-state index in [1.54, 1.807) is 6.20 Å². The molecule has 1 aliphatic rings. The van der Waals surface area contributed by atoms with Gasteiger partial charge in [0.2, 0.25) is 0 Å². The van der Waals surface area contributed by atoms with Crippen LogP contribution in [0.25, 0.3) is 0 Å². The van der Waals surface area contributed by atoms with E-state index in [0.29, 0.717) is 5.82 Å². The van der Waals surface area contributed by atoms with Crippen molar-refractivity contribution in [1.29, 1.82) is 0 Å². The van der Waals surface area contributed by atoms with Crippen LogP contribution < -0.4 is 5.32 Å². The van der Waals surface area contributed by atoms with E-state index in [1.165, 1.54) is 42.4 Å². The van der Waals surface area contributed by atoms with E-state index in [2.05, 4.69) is 40.4 Å². The summed E-state index contributed by atoms with van der Waals surface area (Å²) in [6.45, 7) is 1.99. The third-order valence-corrected chi connectivity index (χ3v) is 4.08. The first-order valence-corrected chi connectivity index (χ1v) is 7.57. The van der Waals surface area contributed by atoms with E-state index in [0.717, 1.165) is 5.82 Å². The second-order valence-corrected chi connectivity index (χ2v) is 5.62. The summed E-state index contributed by atoms with van der Waals surface area (Å²) in [5, 5.41) is 12.5. The van der Waals surface area contributed by atoms with Crippen molar-refractivity contribution in [2.75, 3.05) is 5.32 Å². The molecule has 0 saturated carbocycles. The molecule has 4 nitrogen and oxygen atoms in total. The van der Waals surface area contributed by atoms with E-state index in [-0.39, 0.29) is 12.6 Å². The van der Waals surface area contributed by atoms with Gasteiger partial charge < -0.3 is 10.4 Å². The molecule has 0 unspecified atom stereocenters. The second-order valence-electron chi connectivity index (χ2n) is 5.62. The monoisotopic (exact) mass is 283 g/mol. The van der Waals surface area contributed by atoms with Gasteiger partial charge in [-0.25, -0.2) is 9.97 Å². The van der Waals surface area contributed by atoms with Crippen molar-refractivity contribution in [3.63, 3.8) is 0 Å². The van der Waals surface area contributed by atoms with Crippen molar-refractivity contribution in [1.82, 2.24) is 9.97 Å². The Morgan fingerprint density at radius 3 is 2.81 bits per heavy atom. The van der Waals surface area contributed by atoms with E-state index in [9.17, 15) is 0 Å². The lowest BCUT2D eigenvalue weighted by atomic mass is 9.89. The lowest BCUT2D eigenvalue weighted by Crippen LogP contribution is -2.11. The van der Waals surface area contributed by atoms with Crippen molar-refractivity contribution in [2.24, 2.45) is 0 Å². The Kier molecular flexibility index (Phi) is 4.15. The number of benzene rings is 1. The summed E-state index contributed by atoms with van der Waals surface area (Å²) in [5.41, 5.74) is 4.27. The summed E-state index contributed by atoms with van der Waals surface area (Å²) < 4.78 is 0. The number of aliphatic hydroxyl groups excluding tert-OH is 1. The van der Waals surface area contributed by atoms with Crippen molar-refractivity contribution >= 4 is 5.82 Å². The highest BCUT2D eigenvalue weighted by Crippen LogP contribution is 2.26. The first-order chi connectivity index (χ1) is 10.3. The van der Waals surface area contributed by atoms with Crippen LogP contribution in [0.3, 0.4) is 0 Å². The fraction of sp³-hybridized carbons (Fsp3) is 0.412. The molecule has 0 spiro atoms. The number of hydrogen-bond donors (Lipinski definition) is 2. The number of fused-ring (bicyclic) bond motifs is 1. The Labute approximate surface area is 125 Å². The van der Waals surface area contributed by atoms with Gasteiger partial charge in [0, 0.05) is 12.2 Å². The summed E-state index contributed by atoms with van der Waals surface area (Å²) in [6, 6.07) is 8.80. The molecule has 4 heteroatoms. The fourth-order valence-electron chi connectivity index (χ4n) is 2.88. The van der Waals surface area contributed by atoms with Gasteiger partial charge >= 0.3 is 0 Å². The van der Waals surface area contributed by atoms with Gasteiger partial charge in [-0.1, -0.05) is 18.2 Å². The number of aryl methyl sites for hydroxylation is 2. The van der Waals surface area contributed by atoms with Gasteiger partial charge in [0.15, 0.2) is 5.82 Å². The zero-order valence-corrected chi connectivity index (χ0v) is 12.3. The normalized spacial score (nSPS) is 15.3. The van der Waals surface area contributed by atoms with Gasteiger partial charge in [0.05, 0.1) is 0 Å². The Balaban J connectivity index is 1.76. The van der Waals surface area contributed by atoms with Gasteiger partial charge in [0.1, 0.15) is 12.4 Å². The number of rotatable bonds is 4. The van der Waals surface area contributed by atoms with Crippen LogP contribution in [0.15, 0.2) is 30.5 Å². The molecule has 1 aromatic heterocycles. The quantitative estimate of drug-likeness (QED) is 0.905. The zero-order chi connectivity index (χ0) is 14.7. The Bertz CT molecular complexity index is 627. The number of hydrogen-bond acceptors (Lipinski definition) is 4. The van der Waals surface area contributed by atoms with Gasteiger partial charge in [-0.15, -0.1) is 0 Å². The highest BCUT2D eigenvalue weighted by atomic mass is 16.3. The molecule has 0 saturated heterocycles. The number of nitrogens with one attached hydrogen (secondary N) is 1. The van der Waals surface area contributed by atoms with Crippen LogP contribution in [-0.4, -0.2) is 15.1 Å². The minimum absolute atomic E-state index is 0.136. The minimum atomic E-state index is -0.136. The van der Waals surface area contributed by atoms with Crippen LogP contribution in [-0.2, 0) is 19.4 Å². The number of anilines is 1. The molecule has 0 amide bonds. The summed E-state index contributed by atoms with van der Waals surface area (Å²) in [6.07, 6.45) is 6.68. The molecular formula is C17H21N3O. The molecule has 0 aliphatic heterocycles. The lowest BCUT2D eigenvalue weighted by molar-refractivity contribution is 0.271. The summed E-state index contributed by atoms with van der Waals surface area (Å²) >= 11 is 0. The Hall–Kier alpha value is -1.94. The molecule has 1 aliphatic carbocycles. The molecular weight excluding hydrogens is 262 g/mol. The number of nitrogens with zero attached hydrogens (tertiary/aromatic N) is 2. The Morgan fingerprint density at radius 1 is 1.19 bits per heavy atom. The van der Waals surface area contributed by atoms with E-state index in [1.807, 2.05) is 6.07 Å². The van der Waals surface area contributed by atoms with Crippen molar-refractivity contribution in [3.05, 3.63) is 53.0 Å². The largest absolute Gasteiger partial charge is 0.388 e. The van der Waals surface area contributed by atoms with Crippen LogP contribution in [0, 0.1) is 0 Å². The molecule has 110 valence electrons. The van der Waals surface area contributed by atoms with Crippen LogP contribution in [0.4, 0.5) is 5.82 Å². The van der Waals surface area contributed by atoms with Crippen LogP contribution in [0.1, 0.15) is 48.3 Å². The summed E-state index contributed by atoms with van der Waals surface area (Å²) in [7, 11) is 0. The zero-order valence-electron chi connectivity index (χ0n) is 12.3. The molecule has 0 bridgehead atoms. The van der Waals surface area contributed by atoms with Gasteiger partial charge in [-0.3, -0.25) is 0 Å². The average Bonchev–Trinajstić information content (AvgIpc) is 2.54. The average molecular weight is 283 g/mol. The first kappa shape index (κ1) is 14.0. The molecule has 1 heterocycles. The standard InChI is InChI=1S/C17H21N3O/c1-12(19-16-8-9-18-17(11-21)20-16)14-7-6-13-4-2-3-5-15(13)10-14/h6-10,12,21H,2-5,11H2,1H3,(H,18,19,20)/t12-/m0/s1. The molecule has 1 aromatic carbocycles. The van der Waals surface area contributed by atoms with E-state index in [4.69, 9.17) is 5.11 Å². The molecule has 2 aromatic rings. The fourth-order valence-corrected chi connectivity index (χ4v) is 2.88. The third kappa shape index (κ3) is 3.22. The minimum Gasteiger partial charge on any atom is -0.388 e. The Morgan fingerprint density at radius 2 is 2.00 bits per heavy atom. The van der Waals surface area contributed by atoms with Crippen LogP contribution >= 0.6 is 0 Å². The third-order valence-electron chi connectivity index (χ3n) is 4.08. The van der Waals surface area contributed by atoms with Crippen LogP contribution in [0.2, 0.25) is 0 Å². The highest BCUT2D eigenvalue weighted by molar-refractivity contribution is 5.40. The van der Waals surface area contributed by atoms with Gasteiger partial charge in [0.25, 0.3) is 0 Å². The summed E-state index contributed by atoms with van der Waals surface area (Å²) in [4.78, 5) is 8.27. The predicted molar refractivity (Wildman–Crippen MR) is 83.1 cm³/mol. The van der Waals surface area contributed by atoms with Crippen molar-refractivity contribution < 1.29 is 5.11 Å². The van der Waals surface area contributed by atoms with Gasteiger partial charge in [-0.05, 0) is 55.4 Å². The number of aliphatic hydroxyl groups is 1. The summed E-state index contributed by atoms with van der Waals surface area (Å²) in [5.74, 6) is 1.19. The smallest absolute Gasteiger partial charge is 0.156 e. The maximum atomic E-state index is 9.09. The predicted octanol–water partition coefficient (Wildman–Crippen LogP) is 3.02. The van der Waals surface area contributed by atoms with Crippen molar-refractivity contribution in [2.45, 2.75) is 45.3 Å². The second kappa shape index (κ2) is 6.22. The van der Waals surface area contributed by atoms with Gasteiger partial charge in [-0.2, -0.15) is 0 Å². The molecule has 0 radical (unpaired) electrons. The maximum Gasteiger partial charge on any atom is 0.156 e. The maximum absolute atomic E-state index is 9.09. The molecule has 0 fully saturated rings. The number of aromatic nitrogens is 2. The van der Waals surface area contributed by atoms with Crippen molar-refractivity contribution in [3.8, 4) is 0 Å². The first-order valence-electron chi connectivity index (χ1n) is 7.57. The van der Waals surface area contributed by atoms with E-state index >= 15 is 0 Å². The lowest BCUT2D eigenvalue weighted by Gasteiger charge is -2.20. The van der Waals surface area contributed by atoms with Crippen LogP contribution in [0.5, 0.6) is 0 Å². The topological polar surface area (TPSA) is 58.0 Å². The molecule has 21 heavy (non-hydrogen) atoms.